The average Bonchev–Trinajstić information content (AvgIpc) is 2.31. The lowest BCUT2D eigenvalue weighted by molar-refractivity contribution is -0.129. The van der Waals surface area contributed by atoms with Crippen LogP contribution in [-0.2, 0) is 16.1 Å². The van der Waals surface area contributed by atoms with Gasteiger partial charge in [0.05, 0.1) is 3.70 Å². The number of carbonyl (C=O) groups is 1. The summed E-state index contributed by atoms with van der Waals surface area (Å²) in [7, 11) is 0. The average molecular weight is 252 g/mol. The maximum atomic E-state index is 9.72. The summed E-state index contributed by atoms with van der Waals surface area (Å²) in [6, 6.07) is 1.81. The number of ether oxygens (including phenoxy) is 1. The smallest absolute Gasteiger partial charge is 0.293 e. The van der Waals surface area contributed by atoms with Crippen molar-refractivity contribution in [3.63, 3.8) is 0 Å². The van der Waals surface area contributed by atoms with E-state index in [1.54, 1.807) is 0 Å². The van der Waals surface area contributed by atoms with Gasteiger partial charge in [-0.1, -0.05) is 0 Å². The first-order valence-corrected chi connectivity index (χ1v) is 3.66. The molecule has 0 fully saturated rings. The van der Waals surface area contributed by atoms with Gasteiger partial charge in [-0.25, -0.2) is 0 Å². The van der Waals surface area contributed by atoms with E-state index in [-0.39, 0.29) is 6.61 Å². The fourth-order valence-electron chi connectivity index (χ4n) is 0.529. The van der Waals surface area contributed by atoms with Crippen molar-refractivity contribution in [2.75, 3.05) is 0 Å². The van der Waals surface area contributed by atoms with Gasteiger partial charge in [0.2, 0.25) is 0 Å². The molecule has 0 amide bonds. The van der Waals surface area contributed by atoms with E-state index in [0.717, 1.165) is 9.39 Å². The summed E-state index contributed by atoms with van der Waals surface area (Å²) in [5, 5.41) is 6.56. The van der Waals surface area contributed by atoms with E-state index in [0.29, 0.717) is 6.47 Å². The van der Waals surface area contributed by atoms with Crippen LogP contribution in [0.15, 0.2) is 6.07 Å². The number of hydrogen-bond donors (Lipinski definition) is 1. The minimum absolute atomic E-state index is 0.239. The summed E-state index contributed by atoms with van der Waals surface area (Å²) < 4.78 is 5.40. The van der Waals surface area contributed by atoms with Crippen molar-refractivity contribution in [1.29, 1.82) is 0 Å². The van der Waals surface area contributed by atoms with Crippen molar-refractivity contribution < 1.29 is 9.53 Å². The van der Waals surface area contributed by atoms with Gasteiger partial charge in [-0.3, -0.25) is 9.89 Å². The highest BCUT2D eigenvalue weighted by molar-refractivity contribution is 14.1. The van der Waals surface area contributed by atoms with Crippen molar-refractivity contribution in [1.82, 2.24) is 10.2 Å². The molecular weight excluding hydrogens is 247 g/mol. The molecule has 1 aromatic rings. The Morgan fingerprint density at radius 3 is 3.20 bits per heavy atom. The molecule has 54 valence electrons. The zero-order valence-electron chi connectivity index (χ0n) is 5.00. The zero-order chi connectivity index (χ0) is 7.40. The molecule has 0 radical (unpaired) electrons. The Morgan fingerprint density at radius 1 is 1.90 bits per heavy atom. The topological polar surface area (TPSA) is 55.0 Å². The van der Waals surface area contributed by atoms with Crippen molar-refractivity contribution in [3.05, 3.63) is 15.5 Å². The van der Waals surface area contributed by atoms with Crippen LogP contribution in [0.2, 0.25) is 0 Å². The standard InChI is InChI=1S/C5H5IN2O2/c6-5-1-4(7-8-5)2-10-3-9/h1,3H,2H2,(H,7,8). The van der Waals surface area contributed by atoms with Crippen LogP contribution in [0.4, 0.5) is 0 Å². The van der Waals surface area contributed by atoms with E-state index in [1.165, 1.54) is 0 Å². The van der Waals surface area contributed by atoms with Crippen molar-refractivity contribution in [2.45, 2.75) is 6.61 Å². The molecule has 0 bridgehead atoms. The number of aromatic nitrogens is 2. The van der Waals surface area contributed by atoms with E-state index in [4.69, 9.17) is 0 Å². The molecule has 0 aromatic carbocycles. The maximum absolute atomic E-state index is 9.72. The first-order chi connectivity index (χ1) is 4.83. The third-order valence-corrected chi connectivity index (χ3v) is 1.45. The molecule has 0 aliphatic carbocycles. The summed E-state index contributed by atoms with van der Waals surface area (Å²) >= 11 is 2.09. The first-order valence-electron chi connectivity index (χ1n) is 2.58. The van der Waals surface area contributed by atoms with Gasteiger partial charge in [-0.15, -0.1) is 0 Å². The molecule has 1 N–H and O–H groups in total. The Hall–Kier alpha value is -0.590. The Labute approximate surface area is 71.1 Å². The lowest BCUT2D eigenvalue weighted by Crippen LogP contribution is -1.89. The molecule has 0 spiro atoms. The number of hydrogen-bond acceptors (Lipinski definition) is 3. The summed E-state index contributed by atoms with van der Waals surface area (Å²) in [4.78, 5) is 9.72. The van der Waals surface area contributed by atoms with Crippen LogP contribution in [0.25, 0.3) is 0 Å². The molecular formula is C5H5IN2O2. The third kappa shape index (κ3) is 1.98. The molecule has 0 aliphatic heterocycles. The quantitative estimate of drug-likeness (QED) is 0.636. The molecule has 5 heteroatoms. The summed E-state index contributed by atoms with van der Waals surface area (Å²) in [6.07, 6.45) is 0. The SMILES string of the molecule is O=COCc1cc(I)[nH]n1. The second-order valence-corrected chi connectivity index (χ2v) is 2.78. The van der Waals surface area contributed by atoms with Crippen LogP contribution in [0.3, 0.4) is 0 Å². The highest BCUT2D eigenvalue weighted by Crippen LogP contribution is 2.02. The maximum Gasteiger partial charge on any atom is 0.293 e. The Balaban J connectivity index is 2.49. The Morgan fingerprint density at radius 2 is 2.70 bits per heavy atom. The fraction of sp³-hybridized carbons (Fsp3) is 0.200. The van der Waals surface area contributed by atoms with E-state index in [9.17, 15) is 4.79 Å². The van der Waals surface area contributed by atoms with Gasteiger partial charge in [-0.05, 0) is 28.7 Å². The van der Waals surface area contributed by atoms with Gasteiger partial charge in [0.1, 0.15) is 12.3 Å². The predicted octanol–water partition coefficient (Wildman–Crippen LogP) is 0.687. The van der Waals surface area contributed by atoms with E-state index < -0.39 is 0 Å². The molecule has 1 rings (SSSR count). The van der Waals surface area contributed by atoms with Gasteiger partial charge in [0.25, 0.3) is 6.47 Å². The third-order valence-electron chi connectivity index (χ3n) is 0.899. The van der Waals surface area contributed by atoms with Crippen molar-refractivity contribution >= 4 is 29.1 Å². The summed E-state index contributed by atoms with van der Waals surface area (Å²) in [5.74, 6) is 0. The number of carbonyl (C=O) groups excluding carboxylic acids is 1. The molecule has 1 heterocycles. The Kier molecular flexibility index (Phi) is 2.67. The van der Waals surface area contributed by atoms with Crippen molar-refractivity contribution in [3.8, 4) is 0 Å². The monoisotopic (exact) mass is 252 g/mol. The zero-order valence-corrected chi connectivity index (χ0v) is 7.16. The van der Waals surface area contributed by atoms with Crippen molar-refractivity contribution in [2.24, 2.45) is 0 Å². The van der Waals surface area contributed by atoms with E-state index >= 15 is 0 Å². The molecule has 0 saturated carbocycles. The van der Waals surface area contributed by atoms with Crippen LogP contribution in [-0.4, -0.2) is 16.7 Å². The number of aromatic amines is 1. The summed E-state index contributed by atoms with van der Waals surface area (Å²) in [6.45, 7) is 0.643. The van der Waals surface area contributed by atoms with Crippen LogP contribution in [0.1, 0.15) is 5.69 Å². The van der Waals surface area contributed by atoms with Crippen LogP contribution in [0.5, 0.6) is 0 Å². The van der Waals surface area contributed by atoms with Crippen LogP contribution in [0, 0.1) is 3.70 Å². The van der Waals surface area contributed by atoms with E-state index in [1.807, 2.05) is 6.07 Å². The minimum atomic E-state index is 0.239. The Bertz CT molecular complexity index is 223. The number of rotatable bonds is 3. The van der Waals surface area contributed by atoms with Gasteiger partial charge in [-0.2, -0.15) is 5.10 Å². The number of nitrogens with zero attached hydrogens (tertiary/aromatic N) is 1. The van der Waals surface area contributed by atoms with Gasteiger partial charge in [0, 0.05) is 0 Å². The van der Waals surface area contributed by atoms with Crippen LogP contribution >= 0.6 is 22.6 Å². The molecule has 10 heavy (non-hydrogen) atoms. The predicted molar refractivity (Wildman–Crippen MR) is 42.2 cm³/mol. The highest BCUT2D eigenvalue weighted by Gasteiger charge is 1.96. The highest BCUT2D eigenvalue weighted by atomic mass is 127. The second-order valence-electron chi connectivity index (χ2n) is 1.61. The molecule has 4 nitrogen and oxygen atoms in total. The second kappa shape index (κ2) is 3.55. The van der Waals surface area contributed by atoms with E-state index in [2.05, 4.69) is 37.5 Å². The van der Waals surface area contributed by atoms with Crippen LogP contribution < -0.4 is 0 Å². The molecule has 1 aromatic heterocycles. The van der Waals surface area contributed by atoms with Gasteiger partial charge in [0.15, 0.2) is 0 Å². The minimum Gasteiger partial charge on any atom is -0.461 e. The number of H-pyrrole nitrogens is 1. The van der Waals surface area contributed by atoms with Gasteiger partial charge < -0.3 is 4.74 Å². The molecule has 0 aliphatic rings. The molecule has 0 unspecified atom stereocenters. The molecule has 0 saturated heterocycles. The fourth-order valence-corrected chi connectivity index (χ4v) is 1.01. The molecule has 0 atom stereocenters. The normalized spacial score (nSPS) is 9.30. The van der Waals surface area contributed by atoms with Gasteiger partial charge >= 0.3 is 0 Å². The lowest BCUT2D eigenvalue weighted by Gasteiger charge is -1.89. The largest absolute Gasteiger partial charge is 0.461 e. The summed E-state index contributed by atoms with van der Waals surface area (Å²) in [5.41, 5.74) is 0.733. The number of halogens is 1. The number of nitrogens with one attached hydrogen (secondary N) is 1. The lowest BCUT2D eigenvalue weighted by atomic mass is 10.5. The first kappa shape index (κ1) is 7.52.